The van der Waals surface area contributed by atoms with Crippen molar-refractivity contribution < 1.29 is 9.90 Å². The molecule has 0 aromatic carbocycles. The van der Waals surface area contributed by atoms with Gasteiger partial charge in [-0.05, 0) is 12.7 Å². The Morgan fingerprint density at radius 2 is 2.31 bits per heavy atom. The van der Waals surface area contributed by atoms with Gasteiger partial charge >= 0.3 is 5.97 Å². The zero-order valence-electron chi connectivity index (χ0n) is 8.74. The number of aromatic nitrogens is 2. The van der Waals surface area contributed by atoms with E-state index in [0.29, 0.717) is 14.4 Å². The van der Waals surface area contributed by atoms with Gasteiger partial charge < -0.3 is 10.4 Å². The van der Waals surface area contributed by atoms with Crippen LogP contribution in [-0.2, 0) is 0 Å². The number of nitrogens with zero attached hydrogens (tertiary/aromatic N) is 2. The van der Waals surface area contributed by atoms with Crippen molar-refractivity contribution >= 4 is 46.5 Å². The van der Waals surface area contributed by atoms with Gasteiger partial charge in [0.1, 0.15) is 10.6 Å². The first-order valence-corrected chi connectivity index (χ1v) is 6.87. The molecule has 84 valence electrons. The number of aromatic carboxylic acids is 1. The van der Waals surface area contributed by atoms with Gasteiger partial charge in [-0.2, -0.15) is 0 Å². The third kappa shape index (κ3) is 1.86. The molecule has 5 nitrogen and oxygen atoms in total. The molecule has 0 saturated carbocycles. The number of rotatable bonds is 3. The molecule has 1 atom stereocenters. The van der Waals surface area contributed by atoms with Crippen molar-refractivity contribution in [3.05, 3.63) is 11.9 Å². The second-order valence-electron chi connectivity index (χ2n) is 3.03. The van der Waals surface area contributed by atoms with Crippen LogP contribution in [0.5, 0.6) is 0 Å². The molecule has 16 heavy (non-hydrogen) atoms. The molecule has 1 unspecified atom stereocenters. The van der Waals surface area contributed by atoms with Crippen LogP contribution in [0.4, 0.5) is 5.82 Å². The number of fused-ring (bicyclic) bond motifs is 1. The van der Waals surface area contributed by atoms with Crippen LogP contribution in [0.15, 0.2) is 6.07 Å². The van der Waals surface area contributed by atoms with E-state index in [-0.39, 0.29) is 5.82 Å². The number of hydrogen-bond acceptors (Lipinski definition) is 5. The molecule has 2 aromatic heterocycles. The highest BCUT2D eigenvalue weighted by molar-refractivity contribution is 7.57. The van der Waals surface area contributed by atoms with Crippen LogP contribution in [0.25, 0.3) is 10.2 Å². The summed E-state index contributed by atoms with van der Waals surface area (Å²) in [7, 11) is 2.40. The van der Waals surface area contributed by atoms with Gasteiger partial charge in [-0.1, -0.05) is 8.58 Å². The summed E-state index contributed by atoms with van der Waals surface area (Å²) < 4.78 is 1.20. The van der Waals surface area contributed by atoms with Gasteiger partial charge in [-0.25, -0.2) is 14.8 Å². The Labute approximate surface area is 97.7 Å². The summed E-state index contributed by atoms with van der Waals surface area (Å²) in [6.07, 6.45) is 0. The third-order valence-corrected chi connectivity index (χ3v) is 4.47. The normalized spacial score (nSPS) is 11.4. The maximum atomic E-state index is 10.8. The molecule has 2 N–H and O–H groups in total. The van der Waals surface area contributed by atoms with E-state index < -0.39 is 5.97 Å². The first-order chi connectivity index (χ1) is 7.65. The fourth-order valence-corrected chi connectivity index (χ4v) is 3.10. The maximum Gasteiger partial charge on any atom is 0.374 e. The average Bonchev–Trinajstić information content (AvgIpc) is 2.70. The SMILES string of the molecule is CNc1nc(C(=O)O)nc2sc(PC)cc12. The standard InChI is InChI=1S/C9H10N3O2PS/c1-10-6-4-3-5(15-2)16-8(4)12-7(11-6)9(13)14/h3,15H,1-2H3,(H,13,14)(H,10,11,12). The Kier molecular flexibility index (Phi) is 3.03. The molecule has 0 amide bonds. The topological polar surface area (TPSA) is 75.1 Å². The number of carboxylic acids is 1. The summed E-state index contributed by atoms with van der Waals surface area (Å²) in [6, 6.07) is 2.01. The molecule has 2 aromatic rings. The van der Waals surface area contributed by atoms with E-state index in [0.717, 1.165) is 10.2 Å². The Balaban J connectivity index is 2.70. The van der Waals surface area contributed by atoms with Gasteiger partial charge in [0.15, 0.2) is 0 Å². The van der Waals surface area contributed by atoms with Gasteiger partial charge in [0.2, 0.25) is 5.82 Å². The number of anilines is 1. The molecule has 0 radical (unpaired) electrons. The zero-order chi connectivity index (χ0) is 11.7. The van der Waals surface area contributed by atoms with E-state index in [4.69, 9.17) is 5.11 Å². The lowest BCUT2D eigenvalue weighted by atomic mass is 10.3. The Morgan fingerprint density at radius 3 is 2.88 bits per heavy atom. The fraction of sp³-hybridized carbons (Fsp3) is 0.222. The molecule has 2 heterocycles. The molecule has 7 heteroatoms. The molecule has 0 aliphatic carbocycles. The summed E-state index contributed by atoms with van der Waals surface area (Å²) in [5.41, 5.74) is 0. The van der Waals surface area contributed by atoms with E-state index in [1.54, 1.807) is 7.05 Å². The van der Waals surface area contributed by atoms with E-state index in [1.807, 2.05) is 6.07 Å². The number of thiophene rings is 1. The van der Waals surface area contributed by atoms with Gasteiger partial charge in [-0.3, -0.25) is 0 Å². The van der Waals surface area contributed by atoms with E-state index in [1.165, 1.54) is 16.0 Å². The zero-order valence-corrected chi connectivity index (χ0v) is 10.6. The summed E-state index contributed by atoms with van der Waals surface area (Å²) >= 11 is 1.52. The smallest absolute Gasteiger partial charge is 0.374 e. The molecule has 0 aliphatic heterocycles. The van der Waals surface area contributed by atoms with Crippen LogP contribution < -0.4 is 9.94 Å². The second-order valence-corrected chi connectivity index (χ2v) is 5.46. The number of hydrogen-bond donors (Lipinski definition) is 2. The van der Waals surface area contributed by atoms with Crippen LogP contribution in [-0.4, -0.2) is 34.8 Å². The summed E-state index contributed by atoms with van der Waals surface area (Å²) in [5, 5.41) is 12.7. The predicted octanol–water partition coefficient (Wildman–Crippen LogP) is 1.36. The monoisotopic (exact) mass is 255 g/mol. The molecule has 0 aliphatic rings. The first-order valence-electron chi connectivity index (χ1n) is 4.56. The summed E-state index contributed by atoms with van der Waals surface area (Å²) in [5.74, 6) is -0.694. The molecular weight excluding hydrogens is 245 g/mol. The minimum atomic E-state index is -1.10. The molecule has 2 rings (SSSR count). The quantitative estimate of drug-likeness (QED) is 0.810. The Hall–Kier alpha value is -1.26. The lowest BCUT2D eigenvalue weighted by Gasteiger charge is -2.01. The third-order valence-electron chi connectivity index (χ3n) is 2.07. The average molecular weight is 255 g/mol. The van der Waals surface area contributed by atoms with Crippen molar-refractivity contribution in [3.63, 3.8) is 0 Å². The van der Waals surface area contributed by atoms with Crippen molar-refractivity contribution in [3.8, 4) is 0 Å². The summed E-state index contributed by atoms with van der Waals surface area (Å²) in [6.45, 7) is 2.08. The van der Waals surface area contributed by atoms with Crippen LogP contribution >= 0.6 is 19.9 Å². The Morgan fingerprint density at radius 1 is 1.56 bits per heavy atom. The number of carbonyl (C=O) groups is 1. The van der Waals surface area contributed by atoms with Crippen molar-refractivity contribution in [1.29, 1.82) is 0 Å². The van der Waals surface area contributed by atoms with Crippen LogP contribution in [0.3, 0.4) is 0 Å². The lowest BCUT2D eigenvalue weighted by molar-refractivity contribution is 0.0684. The largest absolute Gasteiger partial charge is 0.475 e. The van der Waals surface area contributed by atoms with Gasteiger partial charge in [0.05, 0.1) is 5.39 Å². The minimum Gasteiger partial charge on any atom is -0.475 e. The Bertz CT molecular complexity index is 555. The highest BCUT2D eigenvalue weighted by Crippen LogP contribution is 2.26. The number of nitrogens with one attached hydrogen (secondary N) is 1. The first kappa shape index (κ1) is 11.2. The molecule has 0 spiro atoms. The fourth-order valence-electron chi connectivity index (χ4n) is 1.33. The van der Waals surface area contributed by atoms with Gasteiger partial charge in [0.25, 0.3) is 0 Å². The highest BCUT2D eigenvalue weighted by Gasteiger charge is 2.14. The van der Waals surface area contributed by atoms with Crippen LogP contribution in [0, 0.1) is 0 Å². The van der Waals surface area contributed by atoms with E-state index in [2.05, 4.69) is 21.9 Å². The van der Waals surface area contributed by atoms with Gasteiger partial charge in [-0.15, -0.1) is 11.3 Å². The molecule has 0 bridgehead atoms. The summed E-state index contributed by atoms with van der Waals surface area (Å²) in [4.78, 5) is 19.5. The van der Waals surface area contributed by atoms with Crippen molar-refractivity contribution in [2.24, 2.45) is 0 Å². The molecule has 0 fully saturated rings. The second kappa shape index (κ2) is 4.31. The van der Waals surface area contributed by atoms with Crippen molar-refractivity contribution in [1.82, 2.24) is 9.97 Å². The maximum absolute atomic E-state index is 10.8. The minimum absolute atomic E-state index is 0.162. The van der Waals surface area contributed by atoms with Crippen LogP contribution in [0.2, 0.25) is 0 Å². The van der Waals surface area contributed by atoms with E-state index in [9.17, 15) is 4.79 Å². The van der Waals surface area contributed by atoms with Crippen LogP contribution in [0.1, 0.15) is 10.6 Å². The molecule has 0 saturated heterocycles. The van der Waals surface area contributed by atoms with Crippen molar-refractivity contribution in [2.45, 2.75) is 0 Å². The van der Waals surface area contributed by atoms with Crippen molar-refractivity contribution in [2.75, 3.05) is 19.0 Å². The highest BCUT2D eigenvalue weighted by atomic mass is 32.1. The lowest BCUT2D eigenvalue weighted by Crippen LogP contribution is -2.06. The van der Waals surface area contributed by atoms with E-state index >= 15 is 0 Å². The molecular formula is C9H10N3O2PS. The van der Waals surface area contributed by atoms with Gasteiger partial charge in [0, 0.05) is 11.7 Å². The predicted molar refractivity (Wildman–Crippen MR) is 67.8 cm³/mol. The number of carboxylic acid groups (broad SMARTS) is 1.